The van der Waals surface area contributed by atoms with Crippen molar-refractivity contribution in [2.45, 2.75) is 17.7 Å². The summed E-state index contributed by atoms with van der Waals surface area (Å²) in [6.07, 6.45) is -0.149. The number of carbonyl (C=O) groups is 2. The van der Waals surface area contributed by atoms with Crippen LogP contribution in [0.1, 0.15) is 12.8 Å². The third kappa shape index (κ3) is 6.62. The molecule has 0 saturated heterocycles. The van der Waals surface area contributed by atoms with Crippen molar-refractivity contribution in [2.75, 3.05) is 31.6 Å². The highest BCUT2D eigenvalue weighted by Gasteiger charge is 2.14. The second-order valence-corrected chi connectivity index (χ2v) is 6.51. The molecule has 0 saturated carbocycles. The predicted octanol–water partition coefficient (Wildman–Crippen LogP) is -1.13. The number of sulfonamides is 1. The van der Waals surface area contributed by atoms with E-state index >= 15 is 0 Å². The number of primary sulfonamides is 1. The van der Waals surface area contributed by atoms with Crippen LogP contribution in [0.2, 0.25) is 0 Å². The number of rotatable bonds is 9. The predicted molar refractivity (Wildman–Crippen MR) is 86.4 cm³/mol. The second kappa shape index (κ2) is 9.33. The fourth-order valence-electron chi connectivity index (χ4n) is 1.93. The lowest BCUT2D eigenvalue weighted by molar-refractivity contribution is -0.133. The van der Waals surface area contributed by atoms with E-state index in [9.17, 15) is 18.0 Å². The fraction of sp³-hybridized carbons (Fsp3) is 0.429. The monoisotopic (exact) mass is 359 g/mol. The summed E-state index contributed by atoms with van der Waals surface area (Å²) >= 11 is 0. The van der Waals surface area contributed by atoms with E-state index in [-0.39, 0.29) is 49.9 Å². The van der Waals surface area contributed by atoms with Crippen LogP contribution in [0.3, 0.4) is 0 Å². The van der Waals surface area contributed by atoms with Crippen LogP contribution < -0.4 is 10.5 Å². The minimum Gasteiger partial charge on any atom is -0.395 e. The maximum absolute atomic E-state index is 11.9. The smallest absolute Gasteiger partial charge is 0.238 e. The van der Waals surface area contributed by atoms with Gasteiger partial charge in [-0.3, -0.25) is 9.59 Å². The highest BCUT2D eigenvalue weighted by atomic mass is 32.2. The summed E-state index contributed by atoms with van der Waals surface area (Å²) in [5.74, 6) is -0.766. The molecule has 5 N–H and O–H groups in total. The van der Waals surface area contributed by atoms with Gasteiger partial charge in [-0.2, -0.15) is 0 Å². The first kappa shape index (κ1) is 20.0. The van der Waals surface area contributed by atoms with Gasteiger partial charge in [0.1, 0.15) is 0 Å². The van der Waals surface area contributed by atoms with Crippen LogP contribution in [0.5, 0.6) is 0 Å². The van der Waals surface area contributed by atoms with E-state index in [1.807, 2.05) is 0 Å². The number of aliphatic hydroxyl groups excluding tert-OH is 2. The second-order valence-electron chi connectivity index (χ2n) is 4.95. The third-order valence-corrected chi connectivity index (χ3v) is 4.05. The lowest BCUT2D eigenvalue weighted by atomic mass is 10.2. The average Bonchev–Trinajstić information content (AvgIpc) is 2.52. The number of nitrogens with zero attached hydrogens (tertiary/aromatic N) is 1. The van der Waals surface area contributed by atoms with Gasteiger partial charge < -0.3 is 20.4 Å². The molecule has 0 aliphatic carbocycles. The van der Waals surface area contributed by atoms with Gasteiger partial charge in [-0.15, -0.1) is 0 Å². The topological polar surface area (TPSA) is 150 Å². The number of hydrogen-bond donors (Lipinski definition) is 4. The van der Waals surface area contributed by atoms with Gasteiger partial charge in [0.2, 0.25) is 21.8 Å². The van der Waals surface area contributed by atoms with Crippen molar-refractivity contribution in [1.29, 1.82) is 0 Å². The normalized spacial score (nSPS) is 11.1. The third-order valence-electron chi connectivity index (χ3n) is 3.13. The van der Waals surface area contributed by atoms with Crippen molar-refractivity contribution >= 4 is 27.5 Å². The zero-order valence-electron chi connectivity index (χ0n) is 13.0. The van der Waals surface area contributed by atoms with Crippen molar-refractivity contribution in [3.05, 3.63) is 24.3 Å². The zero-order valence-corrected chi connectivity index (χ0v) is 13.8. The molecule has 134 valence electrons. The van der Waals surface area contributed by atoms with Crippen LogP contribution in [0, 0.1) is 0 Å². The van der Waals surface area contributed by atoms with Crippen LogP contribution in [0.25, 0.3) is 0 Å². The molecule has 1 rings (SSSR count). The molecule has 9 nitrogen and oxygen atoms in total. The summed E-state index contributed by atoms with van der Waals surface area (Å²) in [6, 6.07) is 5.31. The van der Waals surface area contributed by atoms with E-state index in [1.165, 1.54) is 29.2 Å². The number of carbonyl (C=O) groups excluding carboxylic acids is 2. The number of aliphatic hydroxyl groups is 2. The minimum atomic E-state index is -3.79. The van der Waals surface area contributed by atoms with Gasteiger partial charge in [-0.25, -0.2) is 13.6 Å². The van der Waals surface area contributed by atoms with Crippen molar-refractivity contribution in [3.8, 4) is 0 Å². The maximum atomic E-state index is 11.9. The van der Waals surface area contributed by atoms with Crippen molar-refractivity contribution in [1.82, 2.24) is 4.90 Å². The SMILES string of the molecule is NS(=O)(=O)c1ccc(NC(=O)CCC(=O)N(CCO)CCO)cc1. The molecule has 0 bridgehead atoms. The Balaban J connectivity index is 2.52. The molecule has 1 aromatic rings. The summed E-state index contributed by atoms with van der Waals surface area (Å²) in [4.78, 5) is 24.9. The van der Waals surface area contributed by atoms with Crippen LogP contribution in [0.4, 0.5) is 5.69 Å². The molecular formula is C14H21N3O6S. The molecule has 0 fully saturated rings. The van der Waals surface area contributed by atoms with Crippen LogP contribution >= 0.6 is 0 Å². The van der Waals surface area contributed by atoms with Gasteiger partial charge in [0.15, 0.2) is 0 Å². The molecule has 24 heavy (non-hydrogen) atoms. The zero-order chi connectivity index (χ0) is 18.2. The summed E-state index contributed by atoms with van der Waals surface area (Å²) in [5.41, 5.74) is 0.377. The molecule has 0 heterocycles. The number of nitrogens with two attached hydrogens (primary N) is 1. The van der Waals surface area contributed by atoms with Crippen LogP contribution in [-0.2, 0) is 19.6 Å². The van der Waals surface area contributed by atoms with Gasteiger partial charge in [-0.05, 0) is 24.3 Å². The summed E-state index contributed by atoms with van der Waals surface area (Å²) in [7, 11) is -3.79. The first-order chi connectivity index (χ1) is 11.3. The van der Waals surface area contributed by atoms with Gasteiger partial charge in [0.25, 0.3) is 0 Å². The molecule has 0 aliphatic rings. The van der Waals surface area contributed by atoms with Crippen molar-refractivity contribution in [2.24, 2.45) is 5.14 Å². The van der Waals surface area contributed by atoms with Gasteiger partial charge in [0, 0.05) is 31.6 Å². The average molecular weight is 359 g/mol. The van der Waals surface area contributed by atoms with E-state index in [1.54, 1.807) is 0 Å². The first-order valence-corrected chi connectivity index (χ1v) is 8.74. The van der Waals surface area contributed by atoms with E-state index in [4.69, 9.17) is 15.4 Å². The minimum absolute atomic E-state index is 0.0684. The van der Waals surface area contributed by atoms with Gasteiger partial charge in [0.05, 0.1) is 18.1 Å². The van der Waals surface area contributed by atoms with E-state index in [0.29, 0.717) is 5.69 Å². The largest absolute Gasteiger partial charge is 0.395 e. The Hall–Kier alpha value is -2.01. The van der Waals surface area contributed by atoms with Gasteiger partial charge in [-0.1, -0.05) is 0 Å². The van der Waals surface area contributed by atoms with E-state index in [0.717, 1.165) is 0 Å². The molecule has 1 aromatic carbocycles. The Bertz CT molecular complexity index is 654. The number of hydrogen-bond acceptors (Lipinski definition) is 6. The lowest BCUT2D eigenvalue weighted by Gasteiger charge is -2.20. The molecule has 0 spiro atoms. The first-order valence-electron chi connectivity index (χ1n) is 7.20. The molecule has 0 aliphatic heterocycles. The number of benzene rings is 1. The van der Waals surface area contributed by atoms with Crippen LogP contribution in [0.15, 0.2) is 29.2 Å². The fourth-order valence-corrected chi connectivity index (χ4v) is 2.45. The molecule has 0 aromatic heterocycles. The lowest BCUT2D eigenvalue weighted by Crippen LogP contribution is -2.36. The maximum Gasteiger partial charge on any atom is 0.238 e. The van der Waals surface area contributed by atoms with E-state index in [2.05, 4.69) is 5.32 Å². The Morgan fingerprint density at radius 1 is 1.04 bits per heavy atom. The van der Waals surface area contributed by atoms with Crippen molar-refractivity contribution < 1.29 is 28.2 Å². The Labute approximate surface area is 140 Å². The number of nitrogens with one attached hydrogen (secondary N) is 1. The summed E-state index contributed by atoms with van der Waals surface area (Å²) < 4.78 is 22.3. The molecular weight excluding hydrogens is 338 g/mol. The molecule has 0 unspecified atom stereocenters. The molecule has 10 heteroatoms. The highest BCUT2D eigenvalue weighted by Crippen LogP contribution is 2.13. The van der Waals surface area contributed by atoms with Gasteiger partial charge >= 0.3 is 0 Å². The molecule has 2 amide bonds. The van der Waals surface area contributed by atoms with E-state index < -0.39 is 15.9 Å². The molecule has 0 atom stereocenters. The Morgan fingerprint density at radius 2 is 1.58 bits per heavy atom. The standard InChI is InChI=1S/C14H21N3O6S/c15-24(22,23)12-3-1-11(2-4-12)16-13(20)5-6-14(21)17(7-9-18)8-10-19/h1-4,18-19H,5-10H2,(H,16,20)(H2,15,22,23). The summed E-state index contributed by atoms with van der Waals surface area (Å²) in [5, 5.41) is 25.2. The summed E-state index contributed by atoms with van der Waals surface area (Å²) in [6.45, 7) is -0.269. The molecule has 0 radical (unpaired) electrons. The number of amides is 2. The Kier molecular flexibility index (Phi) is 7.79. The number of anilines is 1. The van der Waals surface area contributed by atoms with Crippen LogP contribution in [-0.4, -0.2) is 61.6 Å². The highest BCUT2D eigenvalue weighted by molar-refractivity contribution is 7.89. The van der Waals surface area contributed by atoms with Crippen molar-refractivity contribution in [3.63, 3.8) is 0 Å². The Morgan fingerprint density at radius 3 is 2.04 bits per heavy atom. The quantitative estimate of drug-likeness (QED) is 0.438.